The van der Waals surface area contributed by atoms with Gasteiger partial charge in [0.1, 0.15) is 5.76 Å². The molecule has 1 fully saturated rings. The molecule has 0 spiro atoms. The van der Waals surface area contributed by atoms with Crippen molar-refractivity contribution in [2.75, 3.05) is 26.3 Å². The fourth-order valence-electron chi connectivity index (χ4n) is 3.29. The maximum atomic E-state index is 13.0. The molecule has 1 unspecified atom stereocenters. The van der Waals surface area contributed by atoms with Gasteiger partial charge in [-0.3, -0.25) is 0 Å². The summed E-state index contributed by atoms with van der Waals surface area (Å²) in [5, 5.41) is 6.53. The molecule has 1 aliphatic heterocycles. The Morgan fingerprint density at radius 2 is 2.12 bits per heavy atom. The van der Waals surface area contributed by atoms with Gasteiger partial charge in [-0.05, 0) is 38.0 Å². The lowest BCUT2D eigenvalue weighted by molar-refractivity contribution is -0.0520. The van der Waals surface area contributed by atoms with Gasteiger partial charge in [0.15, 0.2) is 17.5 Å². The molecule has 0 bridgehead atoms. The van der Waals surface area contributed by atoms with E-state index in [9.17, 15) is 8.78 Å². The summed E-state index contributed by atoms with van der Waals surface area (Å²) < 4.78 is 47.1. The number of nitrogens with one attached hydrogen (secondary N) is 2. The second kappa shape index (κ2) is 14.1. The topological polar surface area (TPSA) is 77.2 Å². The van der Waals surface area contributed by atoms with Crippen molar-refractivity contribution in [3.05, 3.63) is 47.9 Å². The normalized spacial score (nSPS) is 16.0. The van der Waals surface area contributed by atoms with Gasteiger partial charge in [0.05, 0.1) is 25.5 Å². The lowest BCUT2D eigenvalue weighted by Crippen LogP contribution is -2.41. The third-order valence-electron chi connectivity index (χ3n) is 4.74. The van der Waals surface area contributed by atoms with Gasteiger partial charge in [-0.25, -0.2) is 4.99 Å². The van der Waals surface area contributed by atoms with Crippen molar-refractivity contribution in [3.8, 4) is 11.5 Å². The summed E-state index contributed by atoms with van der Waals surface area (Å²) in [5.74, 6) is 1.71. The van der Waals surface area contributed by atoms with Crippen LogP contribution in [0.5, 0.6) is 11.5 Å². The minimum atomic E-state index is -2.95. The van der Waals surface area contributed by atoms with Crippen LogP contribution in [0.25, 0.3) is 0 Å². The third kappa shape index (κ3) is 8.45. The average Bonchev–Trinajstić information content (AvgIpc) is 3.45. The van der Waals surface area contributed by atoms with Crippen molar-refractivity contribution in [2.45, 2.75) is 45.4 Å². The zero-order chi connectivity index (χ0) is 21.9. The van der Waals surface area contributed by atoms with E-state index in [0.717, 1.165) is 25.2 Å². The minimum Gasteiger partial charge on any atom is -0.490 e. The van der Waals surface area contributed by atoms with Crippen LogP contribution >= 0.6 is 24.0 Å². The van der Waals surface area contributed by atoms with Crippen LogP contribution < -0.4 is 20.1 Å². The lowest BCUT2D eigenvalue weighted by Gasteiger charge is -2.17. The minimum absolute atomic E-state index is 0. The molecule has 2 aromatic rings. The van der Waals surface area contributed by atoms with E-state index in [0.29, 0.717) is 37.6 Å². The molecule has 2 heterocycles. The van der Waals surface area contributed by atoms with Gasteiger partial charge in [0, 0.05) is 31.7 Å². The molecule has 7 nitrogen and oxygen atoms in total. The molecule has 1 atom stereocenters. The number of furan rings is 1. The molecule has 178 valence electrons. The molecule has 0 radical (unpaired) electrons. The van der Waals surface area contributed by atoms with Crippen LogP contribution in [0.4, 0.5) is 8.78 Å². The van der Waals surface area contributed by atoms with E-state index in [1.165, 1.54) is 0 Å². The molecule has 3 rings (SSSR count). The molecule has 0 aliphatic carbocycles. The molecule has 0 amide bonds. The van der Waals surface area contributed by atoms with Gasteiger partial charge in [0.25, 0.3) is 0 Å². The Bertz CT molecular complexity index is 816. The molecule has 1 aromatic carbocycles. The highest BCUT2D eigenvalue weighted by Crippen LogP contribution is 2.33. The van der Waals surface area contributed by atoms with Gasteiger partial charge < -0.3 is 29.3 Å². The standard InChI is InChI=1S/C22H29F2N3O4.HI/c1-2-28-19-9-3-6-16(20(19)31-21(23)24)14-26-22(27-15-18-8-5-13-30-18)25-11-10-17-7-4-12-29-17;/h3-4,6-7,9,12,18,21H,2,5,8,10-11,13-15H2,1H3,(H2,25,26,27);1H. The molecule has 32 heavy (non-hydrogen) atoms. The van der Waals surface area contributed by atoms with Crippen molar-refractivity contribution in [2.24, 2.45) is 4.99 Å². The number of hydrogen-bond acceptors (Lipinski definition) is 5. The van der Waals surface area contributed by atoms with Crippen LogP contribution in [-0.2, 0) is 17.7 Å². The number of benzene rings is 1. The molecule has 2 N–H and O–H groups in total. The highest BCUT2D eigenvalue weighted by atomic mass is 127. The summed E-state index contributed by atoms with van der Waals surface area (Å²) in [4.78, 5) is 4.57. The van der Waals surface area contributed by atoms with Crippen LogP contribution in [-0.4, -0.2) is 45.0 Å². The number of rotatable bonds is 11. The summed E-state index contributed by atoms with van der Waals surface area (Å²) >= 11 is 0. The Morgan fingerprint density at radius 3 is 2.81 bits per heavy atom. The Kier molecular flexibility index (Phi) is 11.6. The SMILES string of the molecule is CCOc1cccc(CN=C(NCCc2ccco2)NCC2CCCO2)c1OC(F)F.I. The first-order chi connectivity index (χ1) is 15.2. The van der Waals surface area contributed by atoms with Crippen LogP contribution in [0, 0.1) is 0 Å². The van der Waals surface area contributed by atoms with Gasteiger partial charge in [0.2, 0.25) is 0 Å². The predicted octanol–water partition coefficient (Wildman–Crippen LogP) is 4.35. The summed E-state index contributed by atoms with van der Waals surface area (Å²) in [6, 6.07) is 8.79. The van der Waals surface area contributed by atoms with Crippen LogP contribution in [0.15, 0.2) is 46.0 Å². The highest BCUT2D eigenvalue weighted by Gasteiger charge is 2.17. The summed E-state index contributed by atoms with van der Waals surface area (Å²) in [5.41, 5.74) is 0.510. The molecule has 1 saturated heterocycles. The Hall–Kier alpha value is -2.08. The molecular formula is C22H30F2IN3O4. The van der Waals surface area contributed by atoms with E-state index in [-0.39, 0.29) is 48.1 Å². The number of alkyl halides is 2. The number of hydrogen-bond donors (Lipinski definition) is 2. The van der Waals surface area contributed by atoms with Crippen molar-refractivity contribution >= 4 is 29.9 Å². The van der Waals surface area contributed by atoms with Gasteiger partial charge >= 0.3 is 6.61 Å². The second-order valence-electron chi connectivity index (χ2n) is 6.99. The molecule has 1 aromatic heterocycles. The van der Waals surface area contributed by atoms with Gasteiger partial charge in [-0.15, -0.1) is 24.0 Å². The van der Waals surface area contributed by atoms with Crippen LogP contribution in [0.1, 0.15) is 31.1 Å². The molecule has 1 aliphatic rings. The third-order valence-corrected chi connectivity index (χ3v) is 4.74. The summed E-state index contributed by atoms with van der Waals surface area (Å²) in [6.45, 7) is 1.30. The maximum absolute atomic E-state index is 13.0. The maximum Gasteiger partial charge on any atom is 0.387 e. The van der Waals surface area contributed by atoms with E-state index in [2.05, 4.69) is 15.6 Å². The smallest absolute Gasteiger partial charge is 0.387 e. The largest absolute Gasteiger partial charge is 0.490 e. The summed E-state index contributed by atoms with van der Waals surface area (Å²) in [6.07, 6.45) is 4.50. The number of halogens is 3. The first kappa shape index (κ1) is 26.2. The Balaban J connectivity index is 0.00000363. The highest BCUT2D eigenvalue weighted by molar-refractivity contribution is 14.0. The number of aliphatic imine (C=N–C) groups is 1. The van der Waals surface area contributed by atoms with Crippen molar-refractivity contribution < 1.29 is 27.4 Å². The zero-order valence-corrected chi connectivity index (χ0v) is 20.4. The number of guanidine groups is 1. The Labute approximate surface area is 203 Å². The van der Waals surface area contributed by atoms with E-state index in [1.807, 2.05) is 12.1 Å². The number of nitrogens with zero attached hydrogens (tertiary/aromatic N) is 1. The quantitative estimate of drug-likeness (QED) is 0.240. The first-order valence-corrected chi connectivity index (χ1v) is 10.5. The van der Waals surface area contributed by atoms with E-state index in [1.54, 1.807) is 31.4 Å². The van der Waals surface area contributed by atoms with Gasteiger partial charge in [-0.2, -0.15) is 8.78 Å². The first-order valence-electron chi connectivity index (χ1n) is 10.5. The van der Waals surface area contributed by atoms with E-state index >= 15 is 0 Å². The lowest BCUT2D eigenvalue weighted by atomic mass is 10.2. The molecule has 10 heteroatoms. The molecule has 0 saturated carbocycles. The van der Waals surface area contributed by atoms with Crippen molar-refractivity contribution in [3.63, 3.8) is 0 Å². The summed E-state index contributed by atoms with van der Waals surface area (Å²) in [7, 11) is 0. The van der Waals surface area contributed by atoms with Crippen LogP contribution in [0.2, 0.25) is 0 Å². The number of ether oxygens (including phenoxy) is 3. The fraction of sp³-hybridized carbons (Fsp3) is 0.500. The van der Waals surface area contributed by atoms with E-state index in [4.69, 9.17) is 18.6 Å². The van der Waals surface area contributed by atoms with Crippen molar-refractivity contribution in [1.29, 1.82) is 0 Å². The molecular weight excluding hydrogens is 535 g/mol. The zero-order valence-electron chi connectivity index (χ0n) is 18.0. The predicted molar refractivity (Wildman–Crippen MR) is 128 cm³/mol. The fourth-order valence-corrected chi connectivity index (χ4v) is 3.29. The monoisotopic (exact) mass is 565 g/mol. The Morgan fingerprint density at radius 1 is 1.25 bits per heavy atom. The average molecular weight is 565 g/mol. The number of para-hydroxylation sites is 1. The second-order valence-corrected chi connectivity index (χ2v) is 6.99. The van der Waals surface area contributed by atoms with Crippen molar-refractivity contribution in [1.82, 2.24) is 10.6 Å². The van der Waals surface area contributed by atoms with Gasteiger partial charge in [-0.1, -0.05) is 12.1 Å². The van der Waals surface area contributed by atoms with Crippen LogP contribution in [0.3, 0.4) is 0 Å². The van der Waals surface area contributed by atoms with E-state index < -0.39 is 6.61 Å².